The van der Waals surface area contributed by atoms with Crippen molar-refractivity contribution in [3.8, 4) is 0 Å². The number of carbonyl (C=O) groups is 2. The maximum atomic E-state index is 12.9. The second kappa shape index (κ2) is 7.02. The minimum atomic E-state index is -0.935. The molecular weight excluding hydrogens is 432 g/mol. The van der Waals surface area contributed by atoms with Gasteiger partial charge in [-0.25, -0.2) is 9.50 Å². The number of fused-ring (bicyclic) bond motifs is 2. The lowest BCUT2D eigenvalue weighted by Gasteiger charge is -2.42. The molecule has 0 unspecified atom stereocenters. The van der Waals surface area contributed by atoms with E-state index in [0.29, 0.717) is 18.5 Å². The van der Waals surface area contributed by atoms with Crippen LogP contribution in [0, 0.1) is 6.92 Å². The molecule has 1 aliphatic carbocycles. The van der Waals surface area contributed by atoms with E-state index in [1.54, 1.807) is 4.52 Å². The molecule has 1 atom stereocenters. The van der Waals surface area contributed by atoms with E-state index in [-0.39, 0.29) is 23.8 Å². The molecule has 4 fully saturated rings. The monoisotopic (exact) mass is 460 g/mol. The highest BCUT2D eigenvalue weighted by Gasteiger charge is 2.66. The van der Waals surface area contributed by atoms with Gasteiger partial charge in [0.25, 0.3) is 5.91 Å². The summed E-state index contributed by atoms with van der Waals surface area (Å²) in [6.07, 6.45) is 3.80. The molecule has 0 radical (unpaired) electrons. The van der Waals surface area contributed by atoms with Crippen molar-refractivity contribution in [2.75, 3.05) is 24.6 Å². The fraction of sp³-hybridized carbons (Fsp3) is 0.440. The number of aryl methyl sites for hydroxylation is 1. The molecule has 1 saturated carbocycles. The highest BCUT2D eigenvalue weighted by molar-refractivity contribution is 5.93. The largest absolute Gasteiger partial charge is 0.369 e. The molecule has 34 heavy (non-hydrogen) atoms. The summed E-state index contributed by atoms with van der Waals surface area (Å²) in [7, 11) is 0. The van der Waals surface area contributed by atoms with Crippen LogP contribution in [-0.4, -0.2) is 57.2 Å². The maximum Gasteiger partial charge on any atom is 0.291 e. The highest BCUT2D eigenvalue weighted by atomic mass is 16.5. The Hall–Kier alpha value is -3.46. The molecule has 4 aliphatic rings. The topological polar surface area (TPSA) is 115 Å². The number of carbonyl (C=O) groups excluding carboxylic acids is 2. The number of anilines is 1. The van der Waals surface area contributed by atoms with Crippen molar-refractivity contribution in [3.63, 3.8) is 0 Å². The molecule has 2 bridgehead atoms. The van der Waals surface area contributed by atoms with E-state index in [0.717, 1.165) is 30.8 Å². The van der Waals surface area contributed by atoms with Crippen molar-refractivity contribution in [2.45, 2.75) is 49.7 Å². The normalized spacial score (nSPS) is 29.9. The van der Waals surface area contributed by atoms with Crippen LogP contribution in [-0.2, 0) is 14.9 Å². The lowest BCUT2D eigenvalue weighted by Crippen LogP contribution is -2.63. The summed E-state index contributed by atoms with van der Waals surface area (Å²) in [5.74, 6) is -0.742. The summed E-state index contributed by atoms with van der Waals surface area (Å²) >= 11 is 0. The molecule has 7 rings (SSSR count). The van der Waals surface area contributed by atoms with Gasteiger partial charge in [-0.05, 0) is 30.5 Å². The third kappa shape index (κ3) is 3.10. The highest BCUT2D eigenvalue weighted by Crippen LogP contribution is 2.51. The molecule has 2 amide bonds. The van der Waals surface area contributed by atoms with Gasteiger partial charge in [0.15, 0.2) is 11.2 Å². The number of hydrogen-bond donors (Lipinski definition) is 2. The molecule has 3 aliphatic heterocycles. The van der Waals surface area contributed by atoms with Crippen LogP contribution in [0.3, 0.4) is 0 Å². The van der Waals surface area contributed by atoms with Crippen LogP contribution < -0.4 is 16.0 Å². The van der Waals surface area contributed by atoms with Crippen LogP contribution >= 0.6 is 0 Å². The first-order chi connectivity index (χ1) is 16.2. The number of rotatable bonds is 5. The van der Waals surface area contributed by atoms with Crippen LogP contribution in [0.2, 0.25) is 0 Å². The van der Waals surface area contributed by atoms with E-state index in [2.05, 4.69) is 57.6 Å². The third-order valence-electron chi connectivity index (χ3n) is 7.82. The Balaban J connectivity index is 1.22. The number of nitrogens with zero attached hydrogens (tertiary/aromatic N) is 4. The minimum Gasteiger partial charge on any atom is -0.369 e. The Morgan fingerprint density at radius 2 is 1.97 bits per heavy atom. The first kappa shape index (κ1) is 21.1. The predicted molar refractivity (Wildman–Crippen MR) is 126 cm³/mol. The lowest BCUT2D eigenvalue weighted by molar-refractivity contribution is -0.140. The summed E-state index contributed by atoms with van der Waals surface area (Å²) in [4.78, 5) is 31.4. The molecule has 1 aromatic carbocycles. The Bertz CT molecular complexity index is 1310. The quantitative estimate of drug-likeness (QED) is 0.599. The molecule has 9 nitrogen and oxygen atoms in total. The average Bonchev–Trinajstić information content (AvgIpc) is 3.56. The summed E-state index contributed by atoms with van der Waals surface area (Å²) in [5, 5.41) is 7.45. The Kier molecular flexibility index (Phi) is 4.36. The number of nitrogens with two attached hydrogens (primary N) is 1. The van der Waals surface area contributed by atoms with E-state index in [1.165, 1.54) is 5.56 Å². The van der Waals surface area contributed by atoms with Crippen molar-refractivity contribution in [3.05, 3.63) is 59.5 Å². The molecule has 0 spiro atoms. The van der Waals surface area contributed by atoms with Crippen LogP contribution in [0.15, 0.2) is 42.6 Å². The van der Waals surface area contributed by atoms with Gasteiger partial charge in [-0.15, -0.1) is 5.10 Å². The smallest absolute Gasteiger partial charge is 0.291 e. The zero-order chi connectivity index (χ0) is 23.7. The predicted octanol–water partition coefficient (Wildman–Crippen LogP) is 1.72. The summed E-state index contributed by atoms with van der Waals surface area (Å²) in [5.41, 5.74) is 8.05. The van der Waals surface area contributed by atoms with Crippen molar-refractivity contribution in [1.29, 1.82) is 0 Å². The number of nitrogens with one attached hydrogen (secondary N) is 1. The molecule has 3 aromatic rings. The van der Waals surface area contributed by atoms with Crippen LogP contribution in [0.25, 0.3) is 5.65 Å². The SMILES string of the molecule is Cc1cc(N2CC[C@](C)(c3ccccc3)C2)cn2nc(C(=O)NC34COC(C(N)=O)(C3)C4)nc12. The number of hydrogen-bond acceptors (Lipinski definition) is 6. The van der Waals surface area contributed by atoms with Crippen molar-refractivity contribution in [2.24, 2.45) is 5.73 Å². The van der Waals surface area contributed by atoms with Crippen LogP contribution in [0.5, 0.6) is 0 Å². The lowest BCUT2D eigenvalue weighted by atomic mass is 9.68. The van der Waals surface area contributed by atoms with Gasteiger partial charge in [-0.2, -0.15) is 0 Å². The van der Waals surface area contributed by atoms with E-state index < -0.39 is 17.0 Å². The fourth-order valence-corrected chi connectivity index (χ4v) is 5.85. The zero-order valence-electron chi connectivity index (χ0n) is 19.4. The van der Waals surface area contributed by atoms with Crippen LogP contribution in [0.1, 0.15) is 47.9 Å². The first-order valence-electron chi connectivity index (χ1n) is 11.6. The van der Waals surface area contributed by atoms with E-state index >= 15 is 0 Å². The summed E-state index contributed by atoms with van der Waals surface area (Å²) < 4.78 is 7.26. The van der Waals surface area contributed by atoms with Crippen molar-refractivity contribution < 1.29 is 14.3 Å². The molecule has 2 aromatic heterocycles. The van der Waals surface area contributed by atoms with Gasteiger partial charge in [0.05, 0.1) is 24.0 Å². The minimum absolute atomic E-state index is 0.0864. The molecule has 5 heterocycles. The van der Waals surface area contributed by atoms with E-state index in [9.17, 15) is 9.59 Å². The van der Waals surface area contributed by atoms with E-state index in [4.69, 9.17) is 10.5 Å². The van der Waals surface area contributed by atoms with Crippen molar-refractivity contribution in [1.82, 2.24) is 19.9 Å². The molecular formula is C25H28N6O3. The number of aromatic nitrogens is 3. The van der Waals surface area contributed by atoms with Gasteiger partial charge in [0.1, 0.15) is 0 Å². The maximum absolute atomic E-state index is 12.9. The second-order valence-electron chi connectivity index (χ2n) is 10.4. The molecule has 3 N–H and O–H groups in total. The fourth-order valence-electron chi connectivity index (χ4n) is 5.85. The Morgan fingerprint density at radius 3 is 2.68 bits per heavy atom. The number of ether oxygens (including phenoxy) is 1. The first-order valence-corrected chi connectivity index (χ1v) is 11.6. The third-order valence-corrected chi connectivity index (χ3v) is 7.82. The number of benzene rings is 1. The number of primary amides is 1. The average molecular weight is 461 g/mol. The molecule has 3 saturated heterocycles. The standard InChI is InChI=1S/C25H28N6O3/c1-16-10-18(30-9-8-23(2,14-30)17-6-4-3-5-7-17)11-31-20(16)27-19(29-31)21(32)28-24-12-25(13-24,22(26)33)34-15-24/h3-7,10-11H,8-9,12-15H2,1-2H3,(H2,26,33)(H,28,32)/t23-,24?,25?/m0/s1. The Labute approximate surface area is 197 Å². The number of amides is 2. The van der Waals surface area contributed by atoms with Gasteiger partial charge < -0.3 is 20.7 Å². The van der Waals surface area contributed by atoms with Crippen molar-refractivity contribution >= 4 is 23.1 Å². The second-order valence-corrected chi connectivity index (χ2v) is 10.4. The molecule has 9 heteroatoms. The van der Waals surface area contributed by atoms with Crippen LogP contribution in [0.4, 0.5) is 5.69 Å². The van der Waals surface area contributed by atoms with Gasteiger partial charge in [-0.3, -0.25) is 9.59 Å². The van der Waals surface area contributed by atoms with Gasteiger partial charge in [0, 0.05) is 31.3 Å². The Morgan fingerprint density at radius 1 is 1.21 bits per heavy atom. The molecule has 176 valence electrons. The van der Waals surface area contributed by atoms with Gasteiger partial charge in [0.2, 0.25) is 11.7 Å². The van der Waals surface area contributed by atoms with Gasteiger partial charge >= 0.3 is 0 Å². The zero-order valence-corrected chi connectivity index (χ0v) is 19.4. The summed E-state index contributed by atoms with van der Waals surface area (Å²) in [6.45, 7) is 6.42. The van der Waals surface area contributed by atoms with Gasteiger partial charge in [-0.1, -0.05) is 37.3 Å². The van der Waals surface area contributed by atoms with E-state index in [1.807, 2.05) is 19.2 Å². The number of pyridine rings is 1. The summed E-state index contributed by atoms with van der Waals surface area (Å²) in [6, 6.07) is 12.7.